The number of phenols is 1. The van der Waals surface area contributed by atoms with E-state index in [-0.39, 0.29) is 5.41 Å². The second-order valence-corrected chi connectivity index (χ2v) is 4.18. The molecule has 2 heteroatoms. The van der Waals surface area contributed by atoms with Crippen LogP contribution in [-0.4, -0.2) is 19.3 Å². The van der Waals surface area contributed by atoms with Crippen molar-refractivity contribution in [2.75, 3.05) is 14.2 Å². The number of phenolic OH excluding ortho intramolecular Hbond substituents is 1. The number of para-hydroxylation sites is 1. The molecule has 0 aliphatic heterocycles. The molecule has 0 saturated heterocycles. The fraction of sp³-hybridized carbons (Fsp3) is 0.500. The van der Waals surface area contributed by atoms with Gasteiger partial charge >= 0.3 is 0 Å². The van der Waals surface area contributed by atoms with Crippen molar-refractivity contribution >= 4 is 0 Å². The van der Waals surface area contributed by atoms with Gasteiger partial charge in [0, 0.05) is 14.2 Å². The molecule has 80 valence electrons. The van der Waals surface area contributed by atoms with E-state index in [1.54, 1.807) is 20.3 Å². The average Bonchev–Trinajstić information content (AvgIpc) is 2.04. The van der Waals surface area contributed by atoms with Crippen molar-refractivity contribution < 1.29 is 9.84 Å². The molecular weight excluding hydrogens is 176 g/mol. The van der Waals surface area contributed by atoms with E-state index in [0.29, 0.717) is 5.75 Å². The Hall–Kier alpha value is -1.02. The monoisotopic (exact) mass is 196 g/mol. The number of rotatable bonds is 0. The van der Waals surface area contributed by atoms with E-state index in [0.717, 1.165) is 5.56 Å². The van der Waals surface area contributed by atoms with Gasteiger partial charge in [0.05, 0.1) is 0 Å². The van der Waals surface area contributed by atoms with Gasteiger partial charge in [0.25, 0.3) is 0 Å². The normalized spacial score (nSPS) is 10.4. The van der Waals surface area contributed by atoms with Crippen molar-refractivity contribution in [1.29, 1.82) is 0 Å². The van der Waals surface area contributed by atoms with Crippen molar-refractivity contribution in [1.82, 2.24) is 0 Å². The van der Waals surface area contributed by atoms with Crippen LogP contribution < -0.4 is 0 Å². The Morgan fingerprint density at radius 2 is 1.50 bits per heavy atom. The first kappa shape index (κ1) is 13.0. The highest BCUT2D eigenvalue weighted by Gasteiger charge is 2.16. The van der Waals surface area contributed by atoms with Crippen LogP contribution in [-0.2, 0) is 10.2 Å². The molecule has 0 radical (unpaired) electrons. The zero-order chi connectivity index (χ0) is 11.2. The molecule has 0 spiro atoms. The zero-order valence-corrected chi connectivity index (χ0v) is 9.66. The maximum Gasteiger partial charge on any atom is 0.119 e. The lowest BCUT2D eigenvalue weighted by atomic mass is 9.86. The van der Waals surface area contributed by atoms with E-state index in [1.165, 1.54) is 0 Å². The van der Waals surface area contributed by atoms with Gasteiger partial charge < -0.3 is 9.84 Å². The minimum atomic E-state index is 0.0331. The van der Waals surface area contributed by atoms with Crippen molar-refractivity contribution in [2.24, 2.45) is 0 Å². The Kier molecular flexibility index (Phi) is 5.24. The predicted molar refractivity (Wildman–Crippen MR) is 59.7 cm³/mol. The van der Waals surface area contributed by atoms with Crippen LogP contribution in [0.3, 0.4) is 0 Å². The molecule has 0 fully saturated rings. The largest absolute Gasteiger partial charge is 0.508 e. The van der Waals surface area contributed by atoms with Crippen LogP contribution in [0.15, 0.2) is 24.3 Å². The third kappa shape index (κ3) is 4.28. The van der Waals surface area contributed by atoms with Gasteiger partial charge in [-0.1, -0.05) is 39.0 Å². The van der Waals surface area contributed by atoms with Gasteiger partial charge in [-0.05, 0) is 17.0 Å². The second-order valence-electron chi connectivity index (χ2n) is 4.18. The molecule has 14 heavy (non-hydrogen) atoms. The molecule has 0 heterocycles. The van der Waals surface area contributed by atoms with Crippen LogP contribution in [0.2, 0.25) is 0 Å². The van der Waals surface area contributed by atoms with Crippen LogP contribution in [0.1, 0.15) is 26.3 Å². The van der Waals surface area contributed by atoms with Gasteiger partial charge in [-0.3, -0.25) is 0 Å². The number of benzene rings is 1. The molecule has 0 aliphatic rings. The molecule has 0 bridgehead atoms. The summed E-state index contributed by atoms with van der Waals surface area (Å²) < 4.78 is 4.25. The number of ether oxygens (including phenoxy) is 1. The maximum absolute atomic E-state index is 9.45. The average molecular weight is 196 g/mol. The molecule has 0 atom stereocenters. The number of methoxy groups -OCH3 is 1. The van der Waals surface area contributed by atoms with Crippen LogP contribution in [0.25, 0.3) is 0 Å². The Morgan fingerprint density at radius 3 is 1.79 bits per heavy atom. The van der Waals surface area contributed by atoms with Crippen LogP contribution in [0, 0.1) is 0 Å². The molecule has 2 nitrogen and oxygen atoms in total. The van der Waals surface area contributed by atoms with E-state index >= 15 is 0 Å². The van der Waals surface area contributed by atoms with Crippen LogP contribution in [0.5, 0.6) is 5.75 Å². The molecule has 0 saturated carbocycles. The summed E-state index contributed by atoms with van der Waals surface area (Å²) in [7, 11) is 3.25. The summed E-state index contributed by atoms with van der Waals surface area (Å²) in [6.45, 7) is 6.26. The molecule has 0 aromatic heterocycles. The third-order valence-corrected chi connectivity index (χ3v) is 1.71. The summed E-state index contributed by atoms with van der Waals surface area (Å²) in [5.41, 5.74) is 1.03. The van der Waals surface area contributed by atoms with Gasteiger partial charge in [-0.2, -0.15) is 0 Å². The predicted octanol–water partition coefficient (Wildman–Crippen LogP) is 2.95. The number of hydrogen-bond acceptors (Lipinski definition) is 2. The van der Waals surface area contributed by atoms with Gasteiger partial charge in [0.1, 0.15) is 5.75 Å². The Labute approximate surface area is 86.5 Å². The van der Waals surface area contributed by atoms with E-state index in [9.17, 15) is 5.11 Å². The van der Waals surface area contributed by atoms with Gasteiger partial charge in [-0.25, -0.2) is 0 Å². The maximum atomic E-state index is 9.45. The molecule has 0 unspecified atom stereocenters. The summed E-state index contributed by atoms with van der Waals surface area (Å²) in [6, 6.07) is 7.46. The number of aromatic hydroxyl groups is 1. The Balaban J connectivity index is 0.000000500. The lowest BCUT2D eigenvalue weighted by Gasteiger charge is -2.19. The summed E-state index contributed by atoms with van der Waals surface area (Å²) in [6.07, 6.45) is 0. The first-order chi connectivity index (χ1) is 6.43. The lowest BCUT2D eigenvalue weighted by Crippen LogP contribution is -2.10. The minimum Gasteiger partial charge on any atom is -0.508 e. The zero-order valence-electron chi connectivity index (χ0n) is 9.66. The molecule has 1 aromatic rings. The quantitative estimate of drug-likeness (QED) is 0.691. The first-order valence-corrected chi connectivity index (χ1v) is 4.62. The van der Waals surface area contributed by atoms with Crippen molar-refractivity contribution in [2.45, 2.75) is 26.2 Å². The highest BCUT2D eigenvalue weighted by molar-refractivity contribution is 5.36. The van der Waals surface area contributed by atoms with Crippen LogP contribution >= 0.6 is 0 Å². The molecule has 1 aromatic carbocycles. The molecule has 0 aliphatic carbocycles. The standard InChI is InChI=1S/C10H14O.C2H6O/c1-10(2,3)8-6-4-5-7-9(8)11;1-3-2/h4-7,11H,1-3H3;1-2H3. The van der Waals surface area contributed by atoms with E-state index < -0.39 is 0 Å². The van der Waals surface area contributed by atoms with Gasteiger partial charge in [0.15, 0.2) is 0 Å². The van der Waals surface area contributed by atoms with Crippen LogP contribution in [0.4, 0.5) is 0 Å². The van der Waals surface area contributed by atoms with E-state index in [4.69, 9.17) is 0 Å². The minimum absolute atomic E-state index is 0.0331. The van der Waals surface area contributed by atoms with E-state index in [2.05, 4.69) is 25.5 Å². The summed E-state index contributed by atoms with van der Waals surface area (Å²) in [5.74, 6) is 0.389. The number of hydrogen-bond donors (Lipinski definition) is 1. The van der Waals surface area contributed by atoms with Crippen molar-refractivity contribution in [3.8, 4) is 5.75 Å². The summed E-state index contributed by atoms with van der Waals surface area (Å²) >= 11 is 0. The highest BCUT2D eigenvalue weighted by Crippen LogP contribution is 2.29. The molecule has 1 rings (SSSR count). The topological polar surface area (TPSA) is 29.5 Å². The SMILES string of the molecule is CC(C)(C)c1ccccc1O.COC. The fourth-order valence-electron chi connectivity index (χ4n) is 1.11. The second kappa shape index (κ2) is 5.66. The lowest BCUT2D eigenvalue weighted by molar-refractivity contribution is 0.277. The van der Waals surface area contributed by atoms with E-state index in [1.807, 2.05) is 18.2 Å². The fourth-order valence-corrected chi connectivity index (χ4v) is 1.11. The summed E-state index contributed by atoms with van der Waals surface area (Å²) in [4.78, 5) is 0. The van der Waals surface area contributed by atoms with Gasteiger partial charge in [-0.15, -0.1) is 0 Å². The van der Waals surface area contributed by atoms with Crippen molar-refractivity contribution in [3.05, 3.63) is 29.8 Å². The third-order valence-electron chi connectivity index (χ3n) is 1.71. The van der Waals surface area contributed by atoms with Crippen molar-refractivity contribution in [3.63, 3.8) is 0 Å². The molecule has 1 N–H and O–H groups in total. The molecular formula is C12H20O2. The highest BCUT2D eigenvalue weighted by atomic mass is 16.4. The Morgan fingerprint density at radius 1 is 1.07 bits per heavy atom. The molecule has 0 amide bonds. The van der Waals surface area contributed by atoms with Gasteiger partial charge in [0.2, 0.25) is 0 Å². The first-order valence-electron chi connectivity index (χ1n) is 4.62. The Bertz CT molecular complexity index is 261. The smallest absolute Gasteiger partial charge is 0.119 e. The summed E-state index contributed by atoms with van der Waals surface area (Å²) in [5, 5.41) is 9.45.